The number of halogens is 2. The van der Waals surface area contributed by atoms with Crippen molar-refractivity contribution in [1.82, 2.24) is 10.2 Å². The fraction of sp³-hybridized carbons (Fsp3) is 0.143. The Labute approximate surface area is 149 Å². The normalized spacial score (nSPS) is 10.8. The minimum Gasteiger partial charge on any atom is -0.492 e. The summed E-state index contributed by atoms with van der Waals surface area (Å²) in [5, 5.41) is 11.2. The Morgan fingerprint density at radius 2 is 2.23 bits per heavy atom. The first-order valence-electron chi connectivity index (χ1n) is 6.30. The zero-order valence-electron chi connectivity index (χ0n) is 11.2. The molecule has 2 heterocycles. The second-order valence-corrected chi connectivity index (χ2v) is 7.41. The topological polar surface area (TPSA) is 48.2 Å². The summed E-state index contributed by atoms with van der Waals surface area (Å²) in [4.78, 5) is 0.973. The average molecular weight is 418 g/mol. The standard InChI is InChI=1S/C14H10BrClN2O2S2/c15-10-8-9(16)3-4-11(10)19-5-7-22-14-18-17-13(20-14)12-2-1-6-21-12/h1-4,6,8H,5,7H2. The summed E-state index contributed by atoms with van der Waals surface area (Å²) >= 11 is 12.3. The van der Waals surface area contributed by atoms with Gasteiger partial charge in [-0.25, -0.2) is 0 Å². The van der Waals surface area contributed by atoms with Crippen molar-refractivity contribution in [2.75, 3.05) is 12.4 Å². The first-order valence-corrected chi connectivity index (χ1v) is 9.34. The van der Waals surface area contributed by atoms with E-state index in [0.29, 0.717) is 28.5 Å². The monoisotopic (exact) mass is 416 g/mol. The number of ether oxygens (including phenoxy) is 1. The molecule has 0 N–H and O–H groups in total. The second kappa shape index (κ2) is 7.50. The zero-order valence-corrected chi connectivity index (χ0v) is 15.1. The van der Waals surface area contributed by atoms with Crippen LogP contribution in [0.5, 0.6) is 5.75 Å². The van der Waals surface area contributed by atoms with Crippen LogP contribution in [0.2, 0.25) is 5.02 Å². The number of rotatable bonds is 6. The van der Waals surface area contributed by atoms with Crippen LogP contribution in [0.4, 0.5) is 0 Å². The molecule has 0 atom stereocenters. The molecule has 0 spiro atoms. The molecule has 22 heavy (non-hydrogen) atoms. The predicted molar refractivity (Wildman–Crippen MR) is 93.0 cm³/mol. The van der Waals surface area contributed by atoms with Crippen molar-refractivity contribution in [2.24, 2.45) is 0 Å². The Bertz CT molecular complexity index is 749. The van der Waals surface area contributed by atoms with Crippen LogP contribution in [0, 0.1) is 0 Å². The minimum absolute atomic E-state index is 0.529. The number of aromatic nitrogens is 2. The molecule has 0 saturated carbocycles. The molecule has 2 aromatic heterocycles. The van der Waals surface area contributed by atoms with E-state index in [1.54, 1.807) is 23.5 Å². The second-order valence-electron chi connectivity index (χ2n) is 4.12. The van der Waals surface area contributed by atoms with E-state index in [2.05, 4.69) is 26.1 Å². The first kappa shape index (κ1) is 15.9. The number of hydrogen-bond acceptors (Lipinski definition) is 6. The van der Waals surface area contributed by atoms with Gasteiger partial charge in [0.1, 0.15) is 5.75 Å². The number of hydrogen-bond donors (Lipinski definition) is 0. The summed E-state index contributed by atoms with van der Waals surface area (Å²) in [7, 11) is 0. The van der Waals surface area contributed by atoms with Crippen LogP contribution in [0.3, 0.4) is 0 Å². The summed E-state index contributed by atoms with van der Waals surface area (Å²) in [5.74, 6) is 2.02. The lowest BCUT2D eigenvalue weighted by Crippen LogP contribution is -2.00. The third-order valence-electron chi connectivity index (χ3n) is 2.60. The summed E-state index contributed by atoms with van der Waals surface area (Å²) < 4.78 is 12.1. The third-order valence-corrected chi connectivity index (χ3v) is 5.09. The van der Waals surface area contributed by atoms with Gasteiger partial charge >= 0.3 is 0 Å². The van der Waals surface area contributed by atoms with Gasteiger partial charge in [-0.05, 0) is 45.6 Å². The van der Waals surface area contributed by atoms with E-state index in [9.17, 15) is 0 Å². The fourth-order valence-electron chi connectivity index (χ4n) is 1.64. The number of thioether (sulfide) groups is 1. The largest absolute Gasteiger partial charge is 0.492 e. The van der Waals surface area contributed by atoms with Gasteiger partial charge in [0.05, 0.1) is 16.0 Å². The van der Waals surface area contributed by atoms with Crippen molar-refractivity contribution in [2.45, 2.75) is 5.22 Å². The molecule has 0 aliphatic carbocycles. The van der Waals surface area contributed by atoms with E-state index in [4.69, 9.17) is 20.8 Å². The van der Waals surface area contributed by atoms with Crippen LogP contribution in [-0.4, -0.2) is 22.6 Å². The van der Waals surface area contributed by atoms with Crippen molar-refractivity contribution < 1.29 is 9.15 Å². The van der Waals surface area contributed by atoms with Gasteiger partial charge < -0.3 is 9.15 Å². The molecule has 8 heteroatoms. The highest BCUT2D eigenvalue weighted by atomic mass is 79.9. The quantitative estimate of drug-likeness (QED) is 0.398. The SMILES string of the molecule is Clc1ccc(OCCSc2nnc(-c3cccs3)o2)c(Br)c1. The molecule has 0 aliphatic heterocycles. The van der Waals surface area contributed by atoms with Gasteiger partial charge in [0.25, 0.3) is 11.1 Å². The van der Waals surface area contributed by atoms with Crippen molar-refractivity contribution >= 4 is 50.6 Å². The molecule has 4 nitrogen and oxygen atoms in total. The molecule has 3 aromatic rings. The molecule has 0 bridgehead atoms. The molecule has 0 unspecified atom stereocenters. The number of nitrogens with zero attached hydrogens (tertiary/aromatic N) is 2. The van der Waals surface area contributed by atoms with E-state index >= 15 is 0 Å². The molecular formula is C14H10BrClN2O2S2. The Balaban J connectivity index is 1.49. The molecule has 0 saturated heterocycles. The first-order chi connectivity index (χ1) is 10.7. The highest BCUT2D eigenvalue weighted by molar-refractivity contribution is 9.10. The van der Waals surface area contributed by atoms with Gasteiger partial charge in [0, 0.05) is 10.8 Å². The summed E-state index contributed by atoms with van der Waals surface area (Å²) in [6.07, 6.45) is 0. The van der Waals surface area contributed by atoms with Gasteiger partial charge in [-0.2, -0.15) is 0 Å². The lowest BCUT2D eigenvalue weighted by atomic mass is 10.3. The Hall–Kier alpha value is -1.02. The van der Waals surface area contributed by atoms with E-state index in [1.807, 2.05) is 23.6 Å². The van der Waals surface area contributed by atoms with Crippen molar-refractivity contribution in [3.8, 4) is 16.5 Å². The Morgan fingerprint density at radius 3 is 3.00 bits per heavy atom. The maximum atomic E-state index is 5.89. The van der Waals surface area contributed by atoms with Crippen LogP contribution in [0.25, 0.3) is 10.8 Å². The maximum absolute atomic E-state index is 5.89. The predicted octanol–water partition coefficient (Wildman–Crippen LogP) is 5.39. The highest BCUT2D eigenvalue weighted by Crippen LogP contribution is 2.29. The molecule has 0 fully saturated rings. The van der Waals surface area contributed by atoms with E-state index < -0.39 is 0 Å². The maximum Gasteiger partial charge on any atom is 0.277 e. The van der Waals surface area contributed by atoms with Gasteiger partial charge in [-0.1, -0.05) is 29.4 Å². The fourth-order valence-corrected chi connectivity index (χ4v) is 3.66. The molecule has 114 valence electrons. The molecular weight excluding hydrogens is 408 g/mol. The minimum atomic E-state index is 0.529. The van der Waals surface area contributed by atoms with Crippen LogP contribution in [-0.2, 0) is 0 Å². The summed E-state index contributed by atoms with van der Waals surface area (Å²) in [6.45, 7) is 0.529. The Kier molecular flexibility index (Phi) is 5.41. The molecule has 3 rings (SSSR count). The van der Waals surface area contributed by atoms with E-state index in [0.717, 1.165) is 15.1 Å². The molecule has 1 aromatic carbocycles. The zero-order chi connectivity index (χ0) is 15.4. The van der Waals surface area contributed by atoms with Crippen LogP contribution in [0.1, 0.15) is 0 Å². The molecule has 0 radical (unpaired) electrons. The van der Waals surface area contributed by atoms with Gasteiger partial charge in [0.15, 0.2) is 0 Å². The lowest BCUT2D eigenvalue weighted by Gasteiger charge is -2.07. The summed E-state index contributed by atoms with van der Waals surface area (Å²) in [6, 6.07) is 9.33. The number of benzene rings is 1. The van der Waals surface area contributed by atoms with Crippen molar-refractivity contribution in [3.63, 3.8) is 0 Å². The molecule has 0 aliphatic rings. The van der Waals surface area contributed by atoms with Gasteiger partial charge in [-0.15, -0.1) is 21.5 Å². The van der Waals surface area contributed by atoms with Gasteiger partial charge in [0.2, 0.25) is 0 Å². The van der Waals surface area contributed by atoms with Crippen molar-refractivity contribution in [1.29, 1.82) is 0 Å². The molecule has 0 amide bonds. The van der Waals surface area contributed by atoms with Crippen molar-refractivity contribution in [3.05, 3.63) is 45.2 Å². The van der Waals surface area contributed by atoms with Gasteiger partial charge in [-0.3, -0.25) is 0 Å². The van der Waals surface area contributed by atoms with Crippen LogP contribution in [0.15, 0.2) is 49.8 Å². The summed E-state index contributed by atoms with van der Waals surface area (Å²) in [5.41, 5.74) is 0. The van der Waals surface area contributed by atoms with Crippen LogP contribution < -0.4 is 4.74 Å². The average Bonchev–Trinajstić information content (AvgIpc) is 3.16. The smallest absolute Gasteiger partial charge is 0.277 e. The number of thiophene rings is 1. The van der Waals surface area contributed by atoms with Crippen LogP contribution >= 0.6 is 50.6 Å². The third kappa shape index (κ3) is 4.04. The lowest BCUT2D eigenvalue weighted by molar-refractivity contribution is 0.341. The Morgan fingerprint density at radius 1 is 1.32 bits per heavy atom. The van der Waals surface area contributed by atoms with E-state index in [-0.39, 0.29) is 0 Å². The highest BCUT2D eigenvalue weighted by Gasteiger charge is 2.09. The van der Waals surface area contributed by atoms with E-state index in [1.165, 1.54) is 11.8 Å².